The van der Waals surface area contributed by atoms with Crippen LogP contribution >= 0.6 is 0 Å². The van der Waals surface area contributed by atoms with Crippen LogP contribution in [0.1, 0.15) is 17.2 Å². The first-order valence-electron chi connectivity index (χ1n) is 6.53. The van der Waals surface area contributed by atoms with E-state index in [9.17, 15) is 13.9 Å². The lowest BCUT2D eigenvalue weighted by molar-refractivity contribution is 0.181. The average Bonchev–Trinajstić information content (AvgIpc) is 2.45. The Morgan fingerprint density at radius 2 is 1.86 bits per heavy atom. The molecule has 2 N–H and O–H groups in total. The van der Waals surface area contributed by atoms with Crippen LogP contribution in [0.2, 0.25) is 0 Å². The number of nitrogens with one attached hydrogen (secondary N) is 1. The van der Waals surface area contributed by atoms with Crippen molar-refractivity contribution in [3.8, 4) is 5.75 Å². The fourth-order valence-electron chi connectivity index (χ4n) is 2.10. The molecule has 0 amide bonds. The van der Waals surface area contributed by atoms with Crippen molar-refractivity contribution in [2.24, 2.45) is 0 Å². The van der Waals surface area contributed by atoms with Gasteiger partial charge in [0.15, 0.2) is 0 Å². The Morgan fingerprint density at radius 1 is 1.19 bits per heavy atom. The molecule has 0 spiro atoms. The minimum Gasteiger partial charge on any atom is -0.497 e. The molecule has 2 aromatic rings. The highest BCUT2D eigenvalue weighted by Crippen LogP contribution is 2.24. The zero-order valence-corrected chi connectivity index (χ0v) is 11.9. The number of methoxy groups -OCH3 is 1. The largest absolute Gasteiger partial charge is 0.497 e. The highest BCUT2D eigenvalue weighted by molar-refractivity contribution is 5.53. The number of aryl methyl sites for hydroxylation is 1. The molecule has 0 saturated carbocycles. The third-order valence-electron chi connectivity index (χ3n) is 3.25. The second-order valence-electron chi connectivity index (χ2n) is 4.71. The lowest BCUT2D eigenvalue weighted by Gasteiger charge is -2.16. The number of ether oxygens (including phenoxy) is 1. The monoisotopic (exact) mass is 293 g/mol. The third kappa shape index (κ3) is 3.49. The van der Waals surface area contributed by atoms with E-state index in [0.29, 0.717) is 0 Å². The van der Waals surface area contributed by atoms with Gasteiger partial charge in [0.1, 0.15) is 23.5 Å². The molecule has 21 heavy (non-hydrogen) atoms. The maximum Gasteiger partial charge on any atom is 0.132 e. The first-order valence-corrected chi connectivity index (χ1v) is 6.53. The van der Waals surface area contributed by atoms with Gasteiger partial charge in [0, 0.05) is 12.2 Å². The lowest BCUT2D eigenvalue weighted by atomic mass is 10.1. The SMILES string of the molecule is COc1ccc(NCC(O)c2c(F)cccc2F)c(C)c1. The van der Waals surface area contributed by atoms with Gasteiger partial charge < -0.3 is 15.2 Å². The molecule has 2 aromatic carbocycles. The van der Waals surface area contributed by atoms with Crippen LogP contribution in [0.25, 0.3) is 0 Å². The van der Waals surface area contributed by atoms with Gasteiger partial charge in [-0.25, -0.2) is 8.78 Å². The Bertz CT molecular complexity index is 611. The number of benzene rings is 2. The van der Waals surface area contributed by atoms with Crippen LogP contribution in [0.5, 0.6) is 5.75 Å². The van der Waals surface area contributed by atoms with Crippen LogP contribution in [0.3, 0.4) is 0 Å². The summed E-state index contributed by atoms with van der Waals surface area (Å²) in [5, 5.41) is 12.9. The molecule has 112 valence electrons. The summed E-state index contributed by atoms with van der Waals surface area (Å²) in [6.45, 7) is 1.88. The van der Waals surface area contributed by atoms with Gasteiger partial charge in [-0.15, -0.1) is 0 Å². The second kappa shape index (κ2) is 6.54. The Hall–Kier alpha value is -2.14. The van der Waals surface area contributed by atoms with Gasteiger partial charge in [-0.1, -0.05) is 6.07 Å². The Balaban J connectivity index is 2.09. The molecule has 0 aliphatic rings. The van der Waals surface area contributed by atoms with Crippen LogP contribution in [0, 0.1) is 18.6 Å². The number of rotatable bonds is 5. The molecule has 0 aliphatic heterocycles. The predicted molar refractivity (Wildman–Crippen MR) is 77.5 cm³/mol. The van der Waals surface area contributed by atoms with Gasteiger partial charge in [-0.3, -0.25) is 0 Å². The van der Waals surface area contributed by atoms with Crippen LogP contribution in [-0.2, 0) is 0 Å². The second-order valence-corrected chi connectivity index (χ2v) is 4.71. The summed E-state index contributed by atoms with van der Waals surface area (Å²) in [7, 11) is 1.58. The number of halogens is 2. The van der Waals surface area contributed by atoms with E-state index < -0.39 is 17.7 Å². The number of hydrogen-bond donors (Lipinski definition) is 2. The van der Waals surface area contributed by atoms with E-state index in [1.165, 1.54) is 6.07 Å². The minimum atomic E-state index is -1.27. The molecule has 0 aromatic heterocycles. The van der Waals surface area contributed by atoms with Crippen molar-refractivity contribution >= 4 is 5.69 Å². The fraction of sp³-hybridized carbons (Fsp3) is 0.250. The Morgan fingerprint density at radius 3 is 2.43 bits per heavy atom. The quantitative estimate of drug-likeness (QED) is 0.887. The van der Waals surface area contributed by atoms with Gasteiger partial charge in [0.2, 0.25) is 0 Å². The summed E-state index contributed by atoms with van der Waals surface area (Å²) in [4.78, 5) is 0. The summed E-state index contributed by atoms with van der Waals surface area (Å²) < 4.78 is 32.2. The normalized spacial score (nSPS) is 12.0. The molecule has 0 bridgehead atoms. The maximum atomic E-state index is 13.6. The van der Waals surface area contributed by atoms with Crippen molar-refractivity contribution in [1.29, 1.82) is 0 Å². The first kappa shape index (κ1) is 15.3. The molecule has 3 nitrogen and oxygen atoms in total. The maximum absolute atomic E-state index is 13.6. The highest BCUT2D eigenvalue weighted by Gasteiger charge is 2.17. The van der Waals surface area contributed by atoms with Gasteiger partial charge in [0.05, 0.1) is 12.7 Å². The number of anilines is 1. The van der Waals surface area contributed by atoms with Gasteiger partial charge >= 0.3 is 0 Å². The molecular formula is C16H17F2NO2. The smallest absolute Gasteiger partial charge is 0.132 e. The molecule has 0 fully saturated rings. The molecule has 0 heterocycles. The van der Waals surface area contributed by atoms with E-state index in [2.05, 4.69) is 5.32 Å². The van der Waals surface area contributed by atoms with Crippen molar-refractivity contribution < 1.29 is 18.6 Å². The van der Waals surface area contributed by atoms with E-state index in [1.807, 2.05) is 13.0 Å². The Labute approximate surface area is 122 Å². The summed E-state index contributed by atoms with van der Waals surface area (Å²) in [6.07, 6.45) is -1.27. The first-order chi connectivity index (χ1) is 10.0. The molecule has 0 saturated heterocycles. The molecule has 1 atom stereocenters. The van der Waals surface area contributed by atoms with Crippen molar-refractivity contribution in [2.45, 2.75) is 13.0 Å². The molecule has 2 rings (SSSR count). The standard InChI is InChI=1S/C16H17F2NO2/c1-10-8-11(21-2)6-7-14(10)19-9-15(20)16-12(17)4-3-5-13(16)18/h3-8,15,19-20H,9H2,1-2H3. The third-order valence-corrected chi connectivity index (χ3v) is 3.25. The van der Waals surface area contributed by atoms with Crippen LogP contribution in [-0.4, -0.2) is 18.8 Å². The number of aliphatic hydroxyl groups is 1. The summed E-state index contributed by atoms with van der Waals surface area (Å²) >= 11 is 0. The molecule has 0 aliphatic carbocycles. The van der Waals surface area contributed by atoms with Crippen LogP contribution in [0.4, 0.5) is 14.5 Å². The highest BCUT2D eigenvalue weighted by atomic mass is 19.1. The molecule has 1 unspecified atom stereocenters. The van der Waals surface area contributed by atoms with Crippen molar-refractivity contribution in [3.05, 3.63) is 59.2 Å². The minimum absolute atomic E-state index is 0.00498. The van der Waals surface area contributed by atoms with E-state index in [4.69, 9.17) is 4.74 Å². The summed E-state index contributed by atoms with van der Waals surface area (Å²) in [6, 6.07) is 8.91. The van der Waals surface area contributed by atoms with Crippen LogP contribution < -0.4 is 10.1 Å². The van der Waals surface area contributed by atoms with Crippen molar-refractivity contribution in [2.75, 3.05) is 19.0 Å². The zero-order chi connectivity index (χ0) is 15.4. The predicted octanol–water partition coefficient (Wildman–Crippen LogP) is 3.43. The fourth-order valence-corrected chi connectivity index (χ4v) is 2.10. The summed E-state index contributed by atoms with van der Waals surface area (Å²) in [5.41, 5.74) is 1.36. The van der Waals surface area contributed by atoms with Crippen molar-refractivity contribution in [3.63, 3.8) is 0 Å². The molecule has 5 heteroatoms. The lowest BCUT2D eigenvalue weighted by Crippen LogP contribution is -2.15. The van der Waals surface area contributed by atoms with E-state index in [0.717, 1.165) is 29.1 Å². The zero-order valence-electron chi connectivity index (χ0n) is 11.9. The summed E-state index contributed by atoms with van der Waals surface area (Å²) in [5.74, 6) is -0.787. The van der Waals surface area contributed by atoms with Crippen molar-refractivity contribution in [1.82, 2.24) is 0 Å². The van der Waals surface area contributed by atoms with E-state index in [1.54, 1.807) is 19.2 Å². The number of aliphatic hydroxyl groups excluding tert-OH is 1. The number of hydrogen-bond acceptors (Lipinski definition) is 3. The van der Waals surface area contributed by atoms with Crippen LogP contribution in [0.15, 0.2) is 36.4 Å². The van der Waals surface area contributed by atoms with Gasteiger partial charge in [0.25, 0.3) is 0 Å². The molecule has 0 radical (unpaired) electrons. The van der Waals surface area contributed by atoms with Gasteiger partial charge in [-0.2, -0.15) is 0 Å². The Kier molecular flexibility index (Phi) is 4.75. The average molecular weight is 293 g/mol. The van der Waals surface area contributed by atoms with E-state index in [-0.39, 0.29) is 12.1 Å². The topological polar surface area (TPSA) is 41.5 Å². The molecular weight excluding hydrogens is 276 g/mol. The van der Waals surface area contributed by atoms with E-state index >= 15 is 0 Å². The van der Waals surface area contributed by atoms with Gasteiger partial charge in [-0.05, 0) is 42.8 Å².